The Bertz CT molecular complexity index is 1340. The molecule has 7 nitrogen and oxygen atoms in total. The molecule has 5 rings (SSSR count). The normalized spacial score (nSPS) is 13.0. The summed E-state index contributed by atoms with van der Waals surface area (Å²) < 4.78 is 38.8. The molecule has 3 heterocycles. The Kier molecular flexibility index (Phi) is 5.10. The van der Waals surface area contributed by atoms with Crippen LogP contribution in [-0.2, 0) is 13.0 Å². The molecule has 0 bridgehead atoms. The molecular weight excluding hydrogens is 442 g/mol. The van der Waals surface area contributed by atoms with Crippen LogP contribution in [0.5, 0.6) is 17.6 Å². The topological polar surface area (TPSA) is 89.1 Å². The minimum atomic E-state index is -0.726. The summed E-state index contributed by atoms with van der Waals surface area (Å²) in [5, 5.41) is 2.92. The molecule has 0 fully saturated rings. The molecule has 2 aromatic heterocycles. The number of nitrogens with zero attached hydrogens (tertiary/aromatic N) is 2. The zero-order chi connectivity index (χ0) is 22.2. The summed E-state index contributed by atoms with van der Waals surface area (Å²) in [4.78, 5) is 23.4. The van der Waals surface area contributed by atoms with Gasteiger partial charge in [-0.1, -0.05) is 23.7 Å². The first-order valence-corrected chi connectivity index (χ1v) is 10.1. The Labute approximate surface area is 185 Å². The van der Waals surface area contributed by atoms with E-state index in [2.05, 4.69) is 20.3 Å². The van der Waals surface area contributed by atoms with Crippen molar-refractivity contribution in [1.82, 2.24) is 20.3 Å². The first-order valence-electron chi connectivity index (χ1n) is 9.69. The second kappa shape index (κ2) is 8.08. The number of hydrogen-bond donors (Lipinski definition) is 2. The van der Waals surface area contributed by atoms with Gasteiger partial charge in [-0.3, -0.25) is 4.79 Å². The lowest BCUT2D eigenvalue weighted by Gasteiger charge is -2.16. The van der Waals surface area contributed by atoms with Crippen molar-refractivity contribution in [3.05, 3.63) is 75.8 Å². The quantitative estimate of drug-likeness (QED) is 0.460. The van der Waals surface area contributed by atoms with Gasteiger partial charge in [-0.05, 0) is 42.3 Å². The van der Waals surface area contributed by atoms with Crippen LogP contribution >= 0.6 is 11.6 Å². The van der Waals surface area contributed by atoms with E-state index >= 15 is 0 Å². The van der Waals surface area contributed by atoms with E-state index in [1.807, 2.05) is 6.07 Å². The molecule has 1 amide bonds. The Morgan fingerprint density at radius 1 is 1.09 bits per heavy atom. The van der Waals surface area contributed by atoms with Gasteiger partial charge in [0.05, 0.1) is 11.1 Å². The zero-order valence-electron chi connectivity index (χ0n) is 16.4. The predicted molar refractivity (Wildman–Crippen MR) is 112 cm³/mol. The van der Waals surface area contributed by atoms with E-state index in [9.17, 15) is 13.6 Å². The number of aromatic amines is 1. The number of ether oxygens (including phenoxy) is 2. The number of carbonyl (C=O) groups is 1. The van der Waals surface area contributed by atoms with Gasteiger partial charge in [0.15, 0.2) is 5.65 Å². The number of imidazole rings is 1. The standard InChI is InChI=1S/C22H15ClF2N4O3/c23-15-9-18-19(28-21(15)31-10-14-16(24)2-1-3-17(14)25)29-22(27-18)32-12-5-4-11-6-7-26-20(30)13(11)8-12/h1-5,8-9H,6-7,10H2,(H,26,30)(H,27,28,29). The van der Waals surface area contributed by atoms with Crippen LogP contribution in [0.4, 0.5) is 8.78 Å². The van der Waals surface area contributed by atoms with Crippen molar-refractivity contribution in [2.75, 3.05) is 6.54 Å². The monoisotopic (exact) mass is 456 g/mol. The van der Waals surface area contributed by atoms with Crippen molar-refractivity contribution in [3.63, 3.8) is 0 Å². The van der Waals surface area contributed by atoms with E-state index in [1.165, 1.54) is 12.1 Å². The number of rotatable bonds is 5. The van der Waals surface area contributed by atoms with E-state index in [1.54, 1.807) is 12.1 Å². The molecule has 4 aromatic rings. The van der Waals surface area contributed by atoms with Crippen LogP contribution < -0.4 is 14.8 Å². The van der Waals surface area contributed by atoms with E-state index in [4.69, 9.17) is 21.1 Å². The molecule has 1 aliphatic rings. The highest BCUT2D eigenvalue weighted by Crippen LogP contribution is 2.30. The van der Waals surface area contributed by atoms with Crippen LogP contribution in [0.25, 0.3) is 11.2 Å². The van der Waals surface area contributed by atoms with Gasteiger partial charge in [0.25, 0.3) is 5.91 Å². The number of nitrogens with one attached hydrogen (secondary N) is 2. The van der Waals surface area contributed by atoms with Crippen molar-refractivity contribution in [3.8, 4) is 17.6 Å². The maximum atomic E-state index is 13.8. The summed E-state index contributed by atoms with van der Waals surface area (Å²) in [5.41, 5.74) is 2.00. The number of fused-ring (bicyclic) bond motifs is 2. The second-order valence-electron chi connectivity index (χ2n) is 7.10. The minimum absolute atomic E-state index is 0.0229. The van der Waals surface area contributed by atoms with Gasteiger partial charge in [-0.2, -0.15) is 9.97 Å². The van der Waals surface area contributed by atoms with Crippen molar-refractivity contribution >= 4 is 28.7 Å². The van der Waals surface area contributed by atoms with Crippen LogP contribution in [-0.4, -0.2) is 27.4 Å². The van der Waals surface area contributed by atoms with E-state index in [-0.39, 0.29) is 40.6 Å². The van der Waals surface area contributed by atoms with Crippen LogP contribution in [0, 0.1) is 11.6 Å². The number of carbonyl (C=O) groups excluding carboxylic acids is 1. The Balaban J connectivity index is 1.38. The second-order valence-corrected chi connectivity index (χ2v) is 7.51. The third-order valence-electron chi connectivity index (χ3n) is 5.01. The smallest absolute Gasteiger partial charge is 0.301 e. The van der Waals surface area contributed by atoms with Gasteiger partial charge in [0.1, 0.15) is 29.0 Å². The number of H-pyrrole nitrogens is 1. The summed E-state index contributed by atoms with van der Waals surface area (Å²) in [6.07, 6.45) is 0.758. The van der Waals surface area contributed by atoms with Crippen molar-refractivity contribution in [2.24, 2.45) is 0 Å². The van der Waals surface area contributed by atoms with E-state index in [0.717, 1.165) is 24.1 Å². The molecule has 0 radical (unpaired) electrons. The Morgan fingerprint density at radius 2 is 1.91 bits per heavy atom. The first kappa shape index (κ1) is 20.2. The highest BCUT2D eigenvalue weighted by atomic mass is 35.5. The number of benzene rings is 2. The summed E-state index contributed by atoms with van der Waals surface area (Å²) in [7, 11) is 0. The number of hydrogen-bond acceptors (Lipinski definition) is 5. The van der Waals surface area contributed by atoms with Crippen LogP contribution in [0.1, 0.15) is 21.5 Å². The van der Waals surface area contributed by atoms with Gasteiger partial charge in [-0.15, -0.1) is 0 Å². The maximum absolute atomic E-state index is 13.8. The molecule has 0 saturated carbocycles. The Hall–Kier alpha value is -3.72. The molecular formula is C22H15ClF2N4O3. The van der Waals surface area contributed by atoms with Crippen molar-refractivity contribution in [2.45, 2.75) is 13.0 Å². The molecule has 2 N–H and O–H groups in total. The molecule has 0 atom stereocenters. The van der Waals surface area contributed by atoms with Crippen LogP contribution in [0.2, 0.25) is 5.02 Å². The largest absolute Gasteiger partial charge is 0.471 e. The number of halogens is 3. The van der Waals surface area contributed by atoms with Crippen LogP contribution in [0.15, 0.2) is 42.5 Å². The molecule has 0 aliphatic carbocycles. The fourth-order valence-corrected chi connectivity index (χ4v) is 3.61. The predicted octanol–water partition coefficient (Wildman–Crippen LogP) is 4.55. The molecule has 0 spiro atoms. The molecule has 32 heavy (non-hydrogen) atoms. The fraction of sp³-hybridized carbons (Fsp3) is 0.136. The molecule has 0 unspecified atom stereocenters. The fourth-order valence-electron chi connectivity index (χ4n) is 3.41. The SMILES string of the molecule is O=C1NCCc2ccc(Oc3nc4nc(OCc5c(F)cccc5F)c(Cl)cc4[nH]3)cc21. The lowest BCUT2D eigenvalue weighted by Crippen LogP contribution is -2.31. The zero-order valence-corrected chi connectivity index (χ0v) is 17.2. The molecule has 0 saturated heterocycles. The third-order valence-corrected chi connectivity index (χ3v) is 5.28. The van der Waals surface area contributed by atoms with Gasteiger partial charge in [0, 0.05) is 12.1 Å². The summed E-state index contributed by atoms with van der Waals surface area (Å²) in [6.45, 7) is 0.220. The Morgan fingerprint density at radius 3 is 2.72 bits per heavy atom. The molecule has 10 heteroatoms. The van der Waals surface area contributed by atoms with Gasteiger partial charge < -0.3 is 19.8 Å². The highest BCUT2D eigenvalue weighted by molar-refractivity contribution is 6.32. The maximum Gasteiger partial charge on any atom is 0.301 e. The molecule has 162 valence electrons. The van der Waals surface area contributed by atoms with Gasteiger partial charge in [-0.25, -0.2) is 8.78 Å². The van der Waals surface area contributed by atoms with E-state index < -0.39 is 11.6 Å². The third kappa shape index (κ3) is 3.82. The lowest BCUT2D eigenvalue weighted by molar-refractivity contribution is 0.0945. The molecule has 2 aromatic carbocycles. The number of aromatic nitrogens is 3. The first-order chi connectivity index (χ1) is 15.5. The molecule has 1 aliphatic heterocycles. The van der Waals surface area contributed by atoms with E-state index in [0.29, 0.717) is 23.4 Å². The summed E-state index contributed by atoms with van der Waals surface area (Å²) in [5.74, 6) is -1.20. The van der Waals surface area contributed by atoms with Crippen molar-refractivity contribution < 1.29 is 23.0 Å². The lowest BCUT2D eigenvalue weighted by atomic mass is 10.0. The van der Waals surface area contributed by atoms with Gasteiger partial charge in [0.2, 0.25) is 5.88 Å². The minimum Gasteiger partial charge on any atom is -0.471 e. The average Bonchev–Trinajstić information content (AvgIpc) is 3.15. The number of pyridine rings is 1. The van der Waals surface area contributed by atoms with Crippen LogP contribution in [0.3, 0.4) is 0 Å². The summed E-state index contributed by atoms with van der Waals surface area (Å²) in [6, 6.07) is 10.5. The summed E-state index contributed by atoms with van der Waals surface area (Å²) >= 11 is 6.21. The van der Waals surface area contributed by atoms with Crippen molar-refractivity contribution in [1.29, 1.82) is 0 Å². The average molecular weight is 457 g/mol. The highest BCUT2D eigenvalue weighted by Gasteiger charge is 2.18. The number of amides is 1. The van der Waals surface area contributed by atoms with Gasteiger partial charge >= 0.3 is 6.01 Å².